The van der Waals surface area contributed by atoms with Crippen LogP contribution in [0.5, 0.6) is 0 Å². The van der Waals surface area contributed by atoms with Crippen LogP contribution in [0.1, 0.15) is 25.8 Å². The lowest BCUT2D eigenvalue weighted by Gasteiger charge is -2.19. The first-order valence-corrected chi connectivity index (χ1v) is 8.56. The van der Waals surface area contributed by atoms with Gasteiger partial charge in [0.15, 0.2) is 0 Å². The lowest BCUT2D eigenvalue weighted by Crippen LogP contribution is -2.47. The number of nitriles is 1. The summed E-state index contributed by atoms with van der Waals surface area (Å²) in [4.78, 5) is 24.2. The summed E-state index contributed by atoms with van der Waals surface area (Å²) in [6, 6.07) is 14.8. The van der Waals surface area contributed by atoms with E-state index in [1.165, 1.54) is 0 Å². The Bertz CT molecular complexity index is 806. The van der Waals surface area contributed by atoms with Crippen molar-refractivity contribution in [1.29, 1.82) is 5.26 Å². The molecule has 0 spiro atoms. The first-order valence-electron chi connectivity index (χ1n) is 8.56. The van der Waals surface area contributed by atoms with E-state index in [-0.39, 0.29) is 25.0 Å². The summed E-state index contributed by atoms with van der Waals surface area (Å²) in [5, 5.41) is 15.7. The molecule has 2 rings (SSSR count). The largest absolute Gasteiger partial charge is 0.445 e. The normalized spacial score (nSPS) is 11.6. The van der Waals surface area contributed by atoms with Crippen molar-refractivity contribution in [1.82, 2.24) is 10.6 Å². The van der Waals surface area contributed by atoms with Gasteiger partial charge >= 0.3 is 6.09 Å². The number of nitrogens with zero attached hydrogens (tertiary/aromatic N) is 1. The van der Waals surface area contributed by atoms with E-state index in [9.17, 15) is 9.59 Å². The van der Waals surface area contributed by atoms with Gasteiger partial charge in [-0.1, -0.05) is 56.3 Å². The van der Waals surface area contributed by atoms with Crippen molar-refractivity contribution < 1.29 is 14.3 Å². The van der Waals surface area contributed by atoms with Crippen molar-refractivity contribution in [2.75, 3.05) is 6.54 Å². The molecule has 0 heterocycles. The van der Waals surface area contributed by atoms with E-state index in [0.29, 0.717) is 6.42 Å². The minimum Gasteiger partial charge on any atom is -0.445 e. The molecule has 6 nitrogen and oxygen atoms in total. The maximum Gasteiger partial charge on any atom is 0.408 e. The Morgan fingerprint density at radius 1 is 1.15 bits per heavy atom. The first-order chi connectivity index (χ1) is 12.5. The molecule has 0 saturated heterocycles. The number of nitrogens with one attached hydrogen (secondary N) is 2. The fourth-order valence-corrected chi connectivity index (χ4v) is 2.70. The van der Waals surface area contributed by atoms with Crippen LogP contribution in [0.3, 0.4) is 0 Å². The molecule has 1 atom stereocenters. The Morgan fingerprint density at radius 3 is 2.62 bits per heavy atom. The Balaban J connectivity index is 1.98. The summed E-state index contributed by atoms with van der Waals surface area (Å²) in [7, 11) is 0. The molecule has 6 heteroatoms. The molecule has 0 aliphatic carbocycles. The molecule has 2 aromatic carbocycles. The molecule has 0 aliphatic rings. The number of amides is 2. The highest BCUT2D eigenvalue weighted by Crippen LogP contribution is 2.19. The summed E-state index contributed by atoms with van der Waals surface area (Å²) in [5.41, 5.74) is 0.896. The molecule has 0 unspecified atom stereocenters. The molecule has 2 N–H and O–H groups in total. The van der Waals surface area contributed by atoms with Crippen molar-refractivity contribution >= 4 is 22.8 Å². The summed E-state index contributed by atoms with van der Waals surface area (Å²) in [6.07, 6.45) is -0.198. The molecular weight excluding hydrogens is 330 g/mol. The smallest absolute Gasteiger partial charge is 0.408 e. The molecule has 2 amide bonds. The topological polar surface area (TPSA) is 91.2 Å². The molecule has 26 heavy (non-hydrogen) atoms. The van der Waals surface area contributed by atoms with Crippen molar-refractivity contribution in [3.63, 3.8) is 0 Å². The van der Waals surface area contributed by atoms with Gasteiger partial charge in [0.25, 0.3) is 0 Å². The number of benzene rings is 2. The molecule has 0 bridgehead atoms. The van der Waals surface area contributed by atoms with E-state index in [2.05, 4.69) is 10.6 Å². The van der Waals surface area contributed by atoms with Crippen molar-refractivity contribution in [2.45, 2.75) is 32.9 Å². The quantitative estimate of drug-likeness (QED) is 0.748. The maximum atomic E-state index is 12.1. The third-order valence-electron chi connectivity index (χ3n) is 3.90. The van der Waals surface area contributed by atoms with Gasteiger partial charge < -0.3 is 15.4 Å². The van der Waals surface area contributed by atoms with Crippen LogP contribution in [0.2, 0.25) is 0 Å². The van der Waals surface area contributed by atoms with Crippen LogP contribution >= 0.6 is 0 Å². The first kappa shape index (κ1) is 19.3. The van der Waals surface area contributed by atoms with Crippen molar-refractivity contribution in [3.05, 3.63) is 48.0 Å². The predicted molar refractivity (Wildman–Crippen MR) is 99.1 cm³/mol. The average molecular weight is 353 g/mol. The van der Waals surface area contributed by atoms with E-state index in [1.807, 2.05) is 62.4 Å². The number of carbonyl (C=O) groups is 2. The number of hydrogen-bond donors (Lipinski definition) is 2. The monoisotopic (exact) mass is 353 g/mol. The van der Waals surface area contributed by atoms with Crippen LogP contribution in [0, 0.1) is 17.2 Å². The van der Waals surface area contributed by atoms with Crippen molar-refractivity contribution in [2.24, 2.45) is 5.92 Å². The molecular formula is C20H23N3O3. The zero-order valence-electron chi connectivity index (χ0n) is 15.0. The summed E-state index contributed by atoms with van der Waals surface area (Å²) < 4.78 is 5.31. The van der Waals surface area contributed by atoms with E-state index in [0.717, 1.165) is 16.3 Å². The lowest BCUT2D eigenvalue weighted by atomic mass is 10.0. The van der Waals surface area contributed by atoms with Crippen LogP contribution in [0.25, 0.3) is 10.8 Å². The molecule has 2 aromatic rings. The van der Waals surface area contributed by atoms with Crippen LogP contribution in [0.4, 0.5) is 4.79 Å². The number of hydrogen-bond acceptors (Lipinski definition) is 4. The van der Waals surface area contributed by atoms with E-state index < -0.39 is 12.1 Å². The van der Waals surface area contributed by atoms with E-state index >= 15 is 0 Å². The molecule has 136 valence electrons. The second kappa shape index (κ2) is 9.42. The minimum absolute atomic E-state index is 0.0971. The SMILES string of the molecule is CC(C)C[C@H](NC(=O)OCc1cccc2ccccc12)C(=O)NCC#N. The van der Waals surface area contributed by atoms with Crippen LogP contribution in [-0.2, 0) is 16.1 Å². The highest BCUT2D eigenvalue weighted by atomic mass is 16.5. The summed E-state index contributed by atoms with van der Waals surface area (Å²) in [6.45, 7) is 3.92. The molecule has 0 aromatic heterocycles. The zero-order chi connectivity index (χ0) is 18.9. The Labute approximate surface area is 153 Å². The molecule has 0 radical (unpaired) electrons. The van der Waals surface area contributed by atoms with Gasteiger partial charge in [-0.05, 0) is 28.7 Å². The van der Waals surface area contributed by atoms with Gasteiger partial charge in [0, 0.05) is 0 Å². The highest BCUT2D eigenvalue weighted by Gasteiger charge is 2.22. The Kier molecular flexibility index (Phi) is 6.98. The van der Waals surface area contributed by atoms with Gasteiger partial charge in [-0.3, -0.25) is 4.79 Å². The van der Waals surface area contributed by atoms with Gasteiger partial charge in [-0.15, -0.1) is 0 Å². The van der Waals surface area contributed by atoms with Gasteiger partial charge in [-0.25, -0.2) is 4.79 Å². The second-order valence-corrected chi connectivity index (χ2v) is 6.42. The second-order valence-electron chi connectivity index (χ2n) is 6.42. The van der Waals surface area contributed by atoms with Crippen LogP contribution < -0.4 is 10.6 Å². The maximum absolute atomic E-state index is 12.1. The fourth-order valence-electron chi connectivity index (χ4n) is 2.70. The zero-order valence-corrected chi connectivity index (χ0v) is 15.0. The fraction of sp³-hybridized carbons (Fsp3) is 0.350. The number of carbonyl (C=O) groups excluding carboxylic acids is 2. The van der Waals surface area contributed by atoms with Crippen LogP contribution in [0.15, 0.2) is 42.5 Å². The van der Waals surface area contributed by atoms with Gasteiger partial charge in [0.05, 0.1) is 6.07 Å². The number of rotatable bonds is 7. The summed E-state index contributed by atoms with van der Waals surface area (Å²) >= 11 is 0. The number of ether oxygens (including phenoxy) is 1. The van der Waals surface area contributed by atoms with Crippen molar-refractivity contribution in [3.8, 4) is 6.07 Å². The molecule has 0 saturated carbocycles. The Morgan fingerprint density at radius 2 is 1.88 bits per heavy atom. The standard InChI is InChI=1S/C20H23N3O3/c1-14(2)12-18(19(24)22-11-10-21)23-20(25)26-13-16-8-5-7-15-6-3-4-9-17(15)16/h3-9,14,18H,11-13H2,1-2H3,(H,22,24)(H,23,25)/t18-/m0/s1. The predicted octanol–water partition coefficient (Wildman–Crippen LogP) is 3.12. The van der Waals surface area contributed by atoms with E-state index in [4.69, 9.17) is 10.00 Å². The number of fused-ring (bicyclic) bond motifs is 1. The summed E-state index contributed by atoms with van der Waals surface area (Å²) in [5.74, 6) is -0.187. The van der Waals surface area contributed by atoms with Crippen LogP contribution in [-0.4, -0.2) is 24.6 Å². The molecule has 0 fully saturated rings. The third kappa shape index (κ3) is 5.49. The third-order valence-corrected chi connectivity index (χ3v) is 3.90. The molecule has 0 aliphatic heterocycles. The minimum atomic E-state index is -0.733. The Hall–Kier alpha value is -3.07. The highest BCUT2D eigenvalue weighted by molar-refractivity contribution is 5.87. The van der Waals surface area contributed by atoms with Gasteiger partial charge in [0.2, 0.25) is 5.91 Å². The van der Waals surface area contributed by atoms with Gasteiger partial charge in [0.1, 0.15) is 19.2 Å². The van der Waals surface area contributed by atoms with Gasteiger partial charge in [-0.2, -0.15) is 5.26 Å². The van der Waals surface area contributed by atoms with E-state index in [1.54, 1.807) is 0 Å². The number of alkyl carbamates (subject to hydrolysis) is 1. The average Bonchev–Trinajstić information content (AvgIpc) is 2.63. The lowest BCUT2D eigenvalue weighted by molar-refractivity contribution is -0.123.